The van der Waals surface area contributed by atoms with E-state index < -0.39 is 0 Å². The topological polar surface area (TPSA) is 66.4 Å². The molecule has 2 aromatic rings. The van der Waals surface area contributed by atoms with Crippen molar-refractivity contribution in [2.45, 2.75) is 20.3 Å². The van der Waals surface area contributed by atoms with E-state index in [9.17, 15) is 14.7 Å². The summed E-state index contributed by atoms with van der Waals surface area (Å²) < 4.78 is 0. The molecule has 132 valence electrons. The van der Waals surface area contributed by atoms with Crippen molar-refractivity contribution in [1.29, 1.82) is 0 Å². The summed E-state index contributed by atoms with van der Waals surface area (Å²) in [4.78, 5) is 23.7. The van der Waals surface area contributed by atoms with Gasteiger partial charge in [-0.3, -0.25) is 9.59 Å². The van der Waals surface area contributed by atoms with Gasteiger partial charge in [-0.25, -0.2) is 0 Å². The predicted molar refractivity (Wildman–Crippen MR) is 103 cm³/mol. The Bertz CT molecular complexity index is 741. The molecule has 0 unspecified atom stereocenters. The number of Topliss-reactive ketones (excluding diaryl/α,β-unsaturated/α-hetero) is 1. The Morgan fingerprint density at radius 2 is 1.72 bits per heavy atom. The maximum absolute atomic E-state index is 12.1. The monoisotopic (exact) mass is 357 g/mol. The van der Waals surface area contributed by atoms with E-state index in [1.54, 1.807) is 24.3 Å². The summed E-state index contributed by atoms with van der Waals surface area (Å²) in [6, 6.07) is 12.2. The van der Waals surface area contributed by atoms with Crippen molar-refractivity contribution in [1.82, 2.24) is 5.32 Å². The van der Waals surface area contributed by atoms with Crippen molar-refractivity contribution in [3.05, 3.63) is 53.6 Å². The molecular formula is C20H23NO3S. The highest BCUT2D eigenvalue weighted by Gasteiger charge is 2.10. The molecule has 5 heteroatoms. The van der Waals surface area contributed by atoms with Gasteiger partial charge in [0.25, 0.3) is 5.91 Å². The molecule has 0 saturated heterocycles. The fraction of sp³-hybridized carbons (Fsp3) is 0.300. The minimum absolute atomic E-state index is 0.0202. The molecule has 2 aromatic carbocycles. The van der Waals surface area contributed by atoms with E-state index in [-0.39, 0.29) is 17.4 Å². The number of ketones is 1. The van der Waals surface area contributed by atoms with Crippen LogP contribution in [0.25, 0.3) is 11.1 Å². The van der Waals surface area contributed by atoms with E-state index in [2.05, 4.69) is 12.2 Å². The van der Waals surface area contributed by atoms with Crippen molar-refractivity contribution >= 4 is 23.5 Å². The number of hydrogen-bond donors (Lipinski definition) is 2. The Kier molecular flexibility index (Phi) is 7.07. The first-order valence-corrected chi connectivity index (χ1v) is 9.48. The summed E-state index contributed by atoms with van der Waals surface area (Å²) in [5, 5.41) is 12.6. The first kappa shape index (κ1) is 19.1. The lowest BCUT2D eigenvalue weighted by Crippen LogP contribution is -2.25. The second kappa shape index (κ2) is 9.28. The fourth-order valence-electron chi connectivity index (χ4n) is 2.40. The van der Waals surface area contributed by atoms with Crippen LogP contribution in [0.4, 0.5) is 0 Å². The van der Waals surface area contributed by atoms with E-state index in [4.69, 9.17) is 0 Å². The van der Waals surface area contributed by atoms with E-state index in [1.165, 1.54) is 13.0 Å². The molecule has 25 heavy (non-hydrogen) atoms. The summed E-state index contributed by atoms with van der Waals surface area (Å²) in [6.45, 7) is 4.22. The van der Waals surface area contributed by atoms with Crippen LogP contribution in [-0.2, 0) is 0 Å². The van der Waals surface area contributed by atoms with E-state index in [1.807, 2.05) is 23.9 Å². The van der Waals surface area contributed by atoms with Crippen LogP contribution in [0, 0.1) is 0 Å². The van der Waals surface area contributed by atoms with Crippen molar-refractivity contribution < 1.29 is 14.7 Å². The maximum Gasteiger partial charge on any atom is 0.251 e. The SMILES string of the molecule is CCCSCCNC(=O)c1ccc(-c2ccc(O)c(C(C)=O)c2)cc1. The van der Waals surface area contributed by atoms with Gasteiger partial charge >= 0.3 is 0 Å². The average Bonchev–Trinajstić information content (AvgIpc) is 2.61. The molecular weight excluding hydrogens is 334 g/mol. The van der Waals surface area contributed by atoms with Gasteiger partial charge < -0.3 is 10.4 Å². The second-order valence-corrected chi connectivity index (χ2v) is 6.96. The number of rotatable bonds is 8. The molecule has 0 aliphatic rings. The molecule has 0 aliphatic heterocycles. The Hall–Kier alpha value is -2.27. The first-order chi connectivity index (χ1) is 12.0. The predicted octanol–water partition coefficient (Wildman–Crippen LogP) is 4.13. The van der Waals surface area contributed by atoms with Gasteiger partial charge in [0.15, 0.2) is 5.78 Å². The van der Waals surface area contributed by atoms with Gasteiger partial charge in [0.05, 0.1) is 5.56 Å². The fourth-order valence-corrected chi connectivity index (χ4v) is 3.14. The Morgan fingerprint density at radius 3 is 2.36 bits per heavy atom. The van der Waals surface area contributed by atoms with Crippen molar-refractivity contribution in [3.63, 3.8) is 0 Å². The quantitative estimate of drug-likeness (QED) is 0.550. The van der Waals surface area contributed by atoms with Crippen LogP contribution in [0.15, 0.2) is 42.5 Å². The smallest absolute Gasteiger partial charge is 0.251 e. The number of thioether (sulfide) groups is 1. The molecule has 0 saturated carbocycles. The summed E-state index contributed by atoms with van der Waals surface area (Å²) in [5.41, 5.74) is 2.61. The second-order valence-electron chi connectivity index (χ2n) is 5.73. The Labute approximate surface area is 152 Å². The number of phenols is 1. The van der Waals surface area contributed by atoms with Crippen molar-refractivity contribution in [2.75, 3.05) is 18.1 Å². The van der Waals surface area contributed by atoms with Gasteiger partial charge in [-0.1, -0.05) is 25.1 Å². The molecule has 0 radical (unpaired) electrons. The number of nitrogens with one attached hydrogen (secondary N) is 1. The number of aromatic hydroxyl groups is 1. The normalized spacial score (nSPS) is 10.5. The molecule has 0 heterocycles. The molecule has 0 bridgehead atoms. The lowest BCUT2D eigenvalue weighted by Gasteiger charge is -2.08. The lowest BCUT2D eigenvalue weighted by atomic mass is 10.00. The zero-order valence-electron chi connectivity index (χ0n) is 14.5. The molecule has 0 aliphatic carbocycles. The largest absolute Gasteiger partial charge is 0.507 e. The van der Waals surface area contributed by atoms with Gasteiger partial charge in [-0.05, 0) is 54.5 Å². The zero-order chi connectivity index (χ0) is 18.2. The molecule has 0 spiro atoms. The van der Waals surface area contributed by atoms with Crippen LogP contribution >= 0.6 is 11.8 Å². The molecule has 1 amide bonds. The lowest BCUT2D eigenvalue weighted by molar-refractivity contribution is 0.0955. The van der Waals surface area contributed by atoms with Crippen LogP contribution in [0.1, 0.15) is 41.0 Å². The summed E-state index contributed by atoms with van der Waals surface area (Å²) in [5.74, 6) is 1.74. The number of benzene rings is 2. The number of phenolic OH excluding ortho intramolecular Hbond substituents is 1. The van der Waals surface area contributed by atoms with Crippen LogP contribution in [0.5, 0.6) is 5.75 Å². The highest BCUT2D eigenvalue weighted by Crippen LogP contribution is 2.26. The number of carbonyl (C=O) groups is 2. The van der Waals surface area contributed by atoms with Gasteiger partial charge in [-0.2, -0.15) is 11.8 Å². The number of carbonyl (C=O) groups excluding carboxylic acids is 2. The molecule has 4 nitrogen and oxygen atoms in total. The summed E-state index contributed by atoms with van der Waals surface area (Å²) >= 11 is 1.83. The summed E-state index contributed by atoms with van der Waals surface area (Å²) in [6.07, 6.45) is 1.14. The van der Waals surface area contributed by atoms with E-state index >= 15 is 0 Å². The average molecular weight is 357 g/mol. The number of amides is 1. The molecule has 0 fully saturated rings. The van der Waals surface area contributed by atoms with Gasteiger partial charge in [-0.15, -0.1) is 0 Å². The molecule has 2 N–H and O–H groups in total. The molecule has 0 atom stereocenters. The Balaban J connectivity index is 2.03. The van der Waals surface area contributed by atoms with Crippen LogP contribution in [0.3, 0.4) is 0 Å². The van der Waals surface area contributed by atoms with Gasteiger partial charge in [0.2, 0.25) is 0 Å². The van der Waals surface area contributed by atoms with Crippen LogP contribution in [-0.4, -0.2) is 34.8 Å². The van der Waals surface area contributed by atoms with Crippen LogP contribution in [0.2, 0.25) is 0 Å². The number of hydrogen-bond acceptors (Lipinski definition) is 4. The standard InChI is InChI=1S/C20H23NO3S/c1-3-11-25-12-10-21-20(24)16-6-4-15(5-7-16)17-8-9-19(23)18(13-17)14(2)22/h4-9,13,23H,3,10-12H2,1-2H3,(H,21,24). The van der Waals surface area contributed by atoms with E-state index in [0.717, 1.165) is 29.1 Å². The molecule has 0 aromatic heterocycles. The minimum atomic E-state index is -0.184. The van der Waals surface area contributed by atoms with Crippen molar-refractivity contribution in [2.24, 2.45) is 0 Å². The first-order valence-electron chi connectivity index (χ1n) is 8.33. The summed E-state index contributed by atoms with van der Waals surface area (Å²) in [7, 11) is 0. The highest BCUT2D eigenvalue weighted by atomic mass is 32.2. The minimum Gasteiger partial charge on any atom is -0.507 e. The van der Waals surface area contributed by atoms with Crippen LogP contribution < -0.4 is 5.32 Å². The third-order valence-corrected chi connectivity index (χ3v) is 4.93. The van der Waals surface area contributed by atoms with Gasteiger partial charge in [0.1, 0.15) is 5.75 Å². The van der Waals surface area contributed by atoms with Crippen molar-refractivity contribution in [3.8, 4) is 16.9 Å². The Morgan fingerprint density at radius 1 is 1.04 bits per heavy atom. The third-order valence-electron chi connectivity index (χ3n) is 3.74. The molecule has 2 rings (SSSR count). The third kappa shape index (κ3) is 5.36. The maximum atomic E-state index is 12.1. The van der Waals surface area contributed by atoms with Gasteiger partial charge in [0, 0.05) is 17.9 Å². The highest BCUT2D eigenvalue weighted by molar-refractivity contribution is 7.99. The van der Waals surface area contributed by atoms with E-state index in [0.29, 0.717) is 17.7 Å². The zero-order valence-corrected chi connectivity index (χ0v) is 15.4.